The molecule has 96 valence electrons. The summed E-state index contributed by atoms with van der Waals surface area (Å²) in [6, 6.07) is 3.83. The van der Waals surface area contributed by atoms with Crippen molar-refractivity contribution in [2.24, 2.45) is 0 Å². The van der Waals surface area contributed by atoms with Gasteiger partial charge >= 0.3 is 0 Å². The lowest BCUT2D eigenvalue weighted by Gasteiger charge is -2.21. The van der Waals surface area contributed by atoms with Crippen LogP contribution in [0.2, 0.25) is 0 Å². The van der Waals surface area contributed by atoms with Crippen LogP contribution in [0.1, 0.15) is 5.56 Å². The van der Waals surface area contributed by atoms with Crippen molar-refractivity contribution in [3.63, 3.8) is 0 Å². The summed E-state index contributed by atoms with van der Waals surface area (Å²) in [4.78, 5) is 0. The summed E-state index contributed by atoms with van der Waals surface area (Å²) < 4.78 is 0. The van der Waals surface area contributed by atoms with Crippen molar-refractivity contribution in [1.29, 1.82) is 0 Å². The van der Waals surface area contributed by atoms with Crippen LogP contribution in [-0.4, -0.2) is 55.6 Å². The van der Waals surface area contributed by atoms with Gasteiger partial charge in [-0.3, -0.25) is 0 Å². The minimum Gasteiger partial charge on any atom is -0.508 e. The van der Waals surface area contributed by atoms with E-state index in [0.717, 1.165) is 6.07 Å². The molecular weight excluding hydrogens is 228 g/mol. The molecule has 0 spiro atoms. The van der Waals surface area contributed by atoms with Crippen molar-refractivity contribution in [2.75, 3.05) is 6.61 Å². The van der Waals surface area contributed by atoms with Crippen molar-refractivity contribution in [1.82, 2.24) is 0 Å². The molecule has 1 aromatic rings. The fourth-order valence-corrected chi connectivity index (χ4v) is 1.44. The zero-order chi connectivity index (χ0) is 13.0. The van der Waals surface area contributed by atoms with Gasteiger partial charge in [-0.25, -0.2) is 0 Å². The average Bonchev–Trinajstić information content (AvgIpc) is 2.30. The zero-order valence-corrected chi connectivity index (χ0v) is 9.06. The fraction of sp³-hybridized carbons (Fsp3) is 0.455. The number of aliphatic hydroxyl groups excluding tert-OH is 4. The van der Waals surface area contributed by atoms with E-state index >= 15 is 0 Å². The van der Waals surface area contributed by atoms with Crippen LogP contribution < -0.4 is 0 Å². The fourth-order valence-electron chi connectivity index (χ4n) is 1.44. The van der Waals surface area contributed by atoms with Crippen LogP contribution in [-0.2, 0) is 6.42 Å². The topological polar surface area (TPSA) is 121 Å². The Balaban J connectivity index is 2.70. The molecule has 0 saturated carbocycles. The van der Waals surface area contributed by atoms with Crippen LogP contribution >= 0.6 is 0 Å². The highest BCUT2D eigenvalue weighted by atomic mass is 16.4. The summed E-state index contributed by atoms with van der Waals surface area (Å²) in [5, 5.41) is 55.2. The van der Waals surface area contributed by atoms with E-state index in [1.807, 2.05) is 0 Å². The van der Waals surface area contributed by atoms with Crippen LogP contribution in [0.3, 0.4) is 0 Å². The normalized spacial score (nSPS) is 16.5. The van der Waals surface area contributed by atoms with Gasteiger partial charge in [0.1, 0.15) is 23.7 Å². The monoisotopic (exact) mass is 244 g/mol. The molecule has 0 fully saturated rings. The van der Waals surface area contributed by atoms with Gasteiger partial charge in [-0.2, -0.15) is 0 Å². The molecule has 0 amide bonds. The second kappa shape index (κ2) is 5.83. The Hall–Kier alpha value is -1.34. The van der Waals surface area contributed by atoms with E-state index in [1.54, 1.807) is 0 Å². The molecule has 3 unspecified atom stereocenters. The van der Waals surface area contributed by atoms with Crippen molar-refractivity contribution in [2.45, 2.75) is 24.7 Å². The predicted molar refractivity (Wildman–Crippen MR) is 58.6 cm³/mol. The van der Waals surface area contributed by atoms with Crippen molar-refractivity contribution >= 4 is 0 Å². The molecule has 6 heteroatoms. The smallest absolute Gasteiger partial charge is 0.122 e. The molecule has 0 heterocycles. The van der Waals surface area contributed by atoms with E-state index in [4.69, 9.17) is 15.3 Å². The Morgan fingerprint density at radius 2 is 1.65 bits per heavy atom. The van der Waals surface area contributed by atoms with Gasteiger partial charge in [-0.05, 0) is 11.6 Å². The first-order valence-electron chi connectivity index (χ1n) is 5.11. The van der Waals surface area contributed by atoms with Crippen LogP contribution in [0.5, 0.6) is 11.5 Å². The molecule has 0 radical (unpaired) electrons. The number of hydrogen-bond acceptors (Lipinski definition) is 6. The number of aromatic hydroxyl groups is 2. The predicted octanol–water partition coefficient (Wildman–Crippen LogP) is -1.28. The number of benzene rings is 1. The van der Waals surface area contributed by atoms with Crippen molar-refractivity contribution < 1.29 is 30.6 Å². The van der Waals surface area contributed by atoms with Gasteiger partial charge in [0.15, 0.2) is 0 Å². The first kappa shape index (κ1) is 13.7. The second-order valence-corrected chi connectivity index (χ2v) is 3.83. The minimum atomic E-state index is -1.51. The molecule has 0 saturated heterocycles. The summed E-state index contributed by atoms with van der Waals surface area (Å²) in [6.45, 7) is -0.667. The van der Waals surface area contributed by atoms with Gasteiger partial charge in [0.2, 0.25) is 0 Å². The van der Waals surface area contributed by atoms with Crippen molar-refractivity contribution in [3.8, 4) is 11.5 Å². The molecule has 0 aliphatic heterocycles. The van der Waals surface area contributed by atoms with E-state index < -0.39 is 24.9 Å². The van der Waals surface area contributed by atoms with Crippen LogP contribution in [0, 0.1) is 0 Å². The van der Waals surface area contributed by atoms with Gasteiger partial charge in [-0.15, -0.1) is 0 Å². The third-order valence-corrected chi connectivity index (χ3v) is 2.47. The molecule has 1 aromatic carbocycles. The number of aliphatic hydroxyl groups is 4. The Bertz CT molecular complexity index is 367. The lowest BCUT2D eigenvalue weighted by atomic mass is 10.00. The molecule has 6 nitrogen and oxygen atoms in total. The number of hydrogen-bond donors (Lipinski definition) is 6. The average molecular weight is 244 g/mol. The summed E-state index contributed by atoms with van der Waals surface area (Å²) in [6.07, 6.45) is -4.38. The molecule has 3 atom stereocenters. The minimum absolute atomic E-state index is 0.107. The lowest BCUT2D eigenvalue weighted by molar-refractivity contribution is -0.0756. The standard InChI is InChI=1S/C11H16O6/c12-5-10(16)11(17)9(15)3-6-1-2-7(13)4-8(6)14/h1-2,4,9-17H,3,5H2. The molecule has 0 aromatic heterocycles. The molecule has 1 rings (SSSR count). The van der Waals surface area contributed by atoms with Gasteiger partial charge < -0.3 is 30.6 Å². The number of phenolic OH excluding ortho intramolecular Hbond substituents is 2. The van der Waals surface area contributed by atoms with Crippen LogP contribution in [0.15, 0.2) is 18.2 Å². The van der Waals surface area contributed by atoms with E-state index in [1.165, 1.54) is 12.1 Å². The number of rotatable bonds is 5. The maximum absolute atomic E-state index is 9.57. The van der Waals surface area contributed by atoms with E-state index in [-0.39, 0.29) is 17.9 Å². The highest BCUT2D eigenvalue weighted by Crippen LogP contribution is 2.24. The van der Waals surface area contributed by atoms with E-state index in [0.29, 0.717) is 5.56 Å². The first-order valence-corrected chi connectivity index (χ1v) is 5.11. The highest BCUT2D eigenvalue weighted by molar-refractivity contribution is 5.39. The summed E-state index contributed by atoms with van der Waals surface area (Å²) >= 11 is 0. The quantitative estimate of drug-likeness (QED) is 0.383. The van der Waals surface area contributed by atoms with Gasteiger partial charge in [0, 0.05) is 12.5 Å². The third-order valence-electron chi connectivity index (χ3n) is 2.47. The lowest BCUT2D eigenvalue weighted by Crippen LogP contribution is -2.40. The molecule has 17 heavy (non-hydrogen) atoms. The Morgan fingerprint density at radius 1 is 1.00 bits per heavy atom. The first-order chi connectivity index (χ1) is 7.95. The van der Waals surface area contributed by atoms with E-state index in [2.05, 4.69) is 0 Å². The molecule has 0 bridgehead atoms. The van der Waals surface area contributed by atoms with Crippen molar-refractivity contribution in [3.05, 3.63) is 23.8 Å². The third kappa shape index (κ3) is 3.57. The number of phenols is 2. The van der Waals surface area contributed by atoms with Crippen LogP contribution in [0.25, 0.3) is 0 Å². The molecule has 0 aliphatic rings. The maximum Gasteiger partial charge on any atom is 0.122 e. The Morgan fingerprint density at radius 3 is 2.18 bits per heavy atom. The van der Waals surface area contributed by atoms with Gasteiger partial charge in [0.05, 0.1) is 12.7 Å². The summed E-state index contributed by atoms with van der Waals surface area (Å²) in [5.74, 6) is -0.327. The van der Waals surface area contributed by atoms with Crippen LogP contribution in [0.4, 0.5) is 0 Å². The largest absolute Gasteiger partial charge is 0.508 e. The highest BCUT2D eigenvalue weighted by Gasteiger charge is 2.24. The molecular formula is C11H16O6. The maximum atomic E-state index is 9.57. The van der Waals surface area contributed by atoms with Gasteiger partial charge in [0.25, 0.3) is 0 Å². The second-order valence-electron chi connectivity index (χ2n) is 3.83. The zero-order valence-electron chi connectivity index (χ0n) is 9.06. The Kier molecular flexibility index (Phi) is 4.71. The SMILES string of the molecule is OCC(O)C(O)C(O)Cc1ccc(O)cc1O. The molecule has 6 N–H and O–H groups in total. The van der Waals surface area contributed by atoms with Gasteiger partial charge in [-0.1, -0.05) is 6.07 Å². The summed E-state index contributed by atoms with van der Waals surface area (Å²) in [5.41, 5.74) is 0.319. The van der Waals surface area contributed by atoms with E-state index in [9.17, 15) is 15.3 Å². The molecule has 0 aliphatic carbocycles. The summed E-state index contributed by atoms with van der Waals surface area (Å²) in [7, 11) is 0. The Labute approximate surface area is 98.0 Å².